The van der Waals surface area contributed by atoms with E-state index in [1.165, 1.54) is 15.6 Å². The molecule has 0 radical (unpaired) electrons. The summed E-state index contributed by atoms with van der Waals surface area (Å²) in [5.41, 5.74) is 3.49. The summed E-state index contributed by atoms with van der Waals surface area (Å²) in [4.78, 5) is 16.6. The van der Waals surface area contributed by atoms with Gasteiger partial charge in [-0.2, -0.15) is 0 Å². The quantitative estimate of drug-likeness (QED) is 0.339. The molecule has 1 amide bonds. The maximum atomic E-state index is 13.8. The van der Waals surface area contributed by atoms with E-state index in [1.54, 1.807) is 11.3 Å². The van der Waals surface area contributed by atoms with Gasteiger partial charge in [0.25, 0.3) is 5.91 Å². The highest BCUT2D eigenvalue weighted by Gasteiger charge is 2.23. The lowest BCUT2D eigenvalue weighted by molar-refractivity contribution is 0.0734. The van der Waals surface area contributed by atoms with Crippen molar-refractivity contribution in [2.45, 2.75) is 32.9 Å². The van der Waals surface area contributed by atoms with Gasteiger partial charge < -0.3 is 4.90 Å². The van der Waals surface area contributed by atoms with Crippen LogP contribution < -0.4 is 0 Å². The normalized spacial score (nSPS) is 10.9. The number of rotatable bonds is 7. The molecule has 29 heavy (non-hydrogen) atoms. The number of amides is 1. The van der Waals surface area contributed by atoms with Crippen molar-refractivity contribution in [3.05, 3.63) is 106 Å². The number of hydrogen-bond donors (Lipinski definition) is 0. The van der Waals surface area contributed by atoms with Gasteiger partial charge in [0.2, 0.25) is 0 Å². The van der Waals surface area contributed by atoms with Crippen molar-refractivity contribution in [3.63, 3.8) is 0 Å². The molecule has 0 saturated carbocycles. The monoisotopic (exact) mass is 399 g/mol. The summed E-state index contributed by atoms with van der Waals surface area (Å²) in [6.45, 7) is 3.38. The fourth-order valence-corrected chi connectivity index (χ4v) is 4.94. The molecular weight excluding hydrogens is 374 g/mol. The smallest absolute Gasteiger partial charge is 0.264 e. The van der Waals surface area contributed by atoms with Crippen molar-refractivity contribution in [2.24, 2.45) is 0 Å². The lowest BCUT2D eigenvalue weighted by Gasteiger charge is -2.23. The van der Waals surface area contributed by atoms with Crippen LogP contribution in [0.1, 0.15) is 39.7 Å². The summed E-state index contributed by atoms with van der Waals surface area (Å²) in [5, 5.41) is 1.22. The van der Waals surface area contributed by atoms with Crippen molar-refractivity contribution in [1.82, 2.24) is 4.90 Å². The predicted molar refractivity (Wildman–Crippen MR) is 122 cm³/mol. The highest BCUT2D eigenvalue weighted by Crippen LogP contribution is 2.33. The highest BCUT2D eigenvalue weighted by molar-refractivity contribution is 7.21. The number of aryl methyl sites for hydroxylation is 1. The Morgan fingerprint density at radius 2 is 1.34 bits per heavy atom. The van der Waals surface area contributed by atoms with Gasteiger partial charge in [0, 0.05) is 17.8 Å². The number of fused-ring (bicyclic) bond motifs is 1. The molecular formula is C26H25NOS. The Hall–Kier alpha value is -2.91. The lowest BCUT2D eigenvalue weighted by Crippen LogP contribution is -2.30. The highest BCUT2D eigenvalue weighted by atomic mass is 32.1. The minimum Gasteiger partial charge on any atom is -0.329 e. The van der Waals surface area contributed by atoms with Crippen molar-refractivity contribution in [3.8, 4) is 0 Å². The van der Waals surface area contributed by atoms with Crippen molar-refractivity contribution in [2.75, 3.05) is 0 Å². The van der Waals surface area contributed by atoms with Crippen LogP contribution in [0.3, 0.4) is 0 Å². The van der Waals surface area contributed by atoms with Crippen LogP contribution in [0.25, 0.3) is 10.1 Å². The molecule has 4 aromatic rings. The summed E-state index contributed by atoms with van der Waals surface area (Å²) in [7, 11) is 0. The number of benzene rings is 3. The molecule has 0 saturated heterocycles. The molecule has 1 aromatic heterocycles. The molecule has 3 aromatic carbocycles. The fraction of sp³-hybridized carbons (Fsp3) is 0.192. The molecule has 3 heteroatoms. The Kier molecular flexibility index (Phi) is 6.06. The van der Waals surface area contributed by atoms with Crippen molar-refractivity contribution >= 4 is 27.3 Å². The van der Waals surface area contributed by atoms with E-state index < -0.39 is 0 Å². The third-order valence-electron chi connectivity index (χ3n) is 5.11. The molecule has 0 aliphatic rings. The summed E-state index contributed by atoms with van der Waals surface area (Å²) in [6.07, 6.45) is 1.95. The molecule has 0 aliphatic carbocycles. The van der Waals surface area contributed by atoms with Crippen molar-refractivity contribution < 1.29 is 4.79 Å². The summed E-state index contributed by atoms with van der Waals surface area (Å²) >= 11 is 1.63. The standard InChI is InChI=1S/C26H25NOS/c1-2-11-23-22-16-9-10-17-24(22)29-25(23)26(28)27(18-20-12-5-3-6-13-20)19-21-14-7-4-8-15-21/h3-10,12-17H,2,11,18-19H2,1H3. The second-order valence-corrected chi connectivity index (χ2v) is 8.34. The Balaban J connectivity index is 1.72. The van der Waals surface area contributed by atoms with Crippen LogP contribution in [-0.2, 0) is 19.5 Å². The summed E-state index contributed by atoms with van der Waals surface area (Å²) in [5.74, 6) is 0.127. The first-order valence-corrected chi connectivity index (χ1v) is 11.0. The Labute approximate surface area is 176 Å². The van der Waals surface area contributed by atoms with Crippen LogP contribution in [-0.4, -0.2) is 10.8 Å². The van der Waals surface area contributed by atoms with Crippen molar-refractivity contribution in [1.29, 1.82) is 0 Å². The Morgan fingerprint density at radius 1 is 0.793 bits per heavy atom. The maximum absolute atomic E-state index is 13.8. The second kappa shape index (κ2) is 9.06. The zero-order chi connectivity index (χ0) is 20.1. The van der Waals surface area contributed by atoms with Crippen LogP contribution >= 0.6 is 11.3 Å². The molecule has 0 fully saturated rings. The fourth-order valence-electron chi connectivity index (χ4n) is 3.72. The van der Waals surface area contributed by atoms with E-state index in [1.807, 2.05) is 41.3 Å². The van der Waals surface area contributed by atoms with E-state index >= 15 is 0 Å². The zero-order valence-corrected chi connectivity index (χ0v) is 17.5. The molecule has 0 atom stereocenters. The van der Waals surface area contributed by atoms with Gasteiger partial charge in [-0.3, -0.25) is 4.79 Å². The van der Waals surface area contributed by atoms with Gasteiger partial charge in [-0.25, -0.2) is 0 Å². The summed E-state index contributed by atoms with van der Waals surface area (Å²) in [6, 6.07) is 28.9. The molecule has 0 bridgehead atoms. The maximum Gasteiger partial charge on any atom is 0.264 e. The number of carbonyl (C=O) groups excluding carboxylic acids is 1. The average molecular weight is 400 g/mol. The first-order chi connectivity index (χ1) is 14.3. The Bertz CT molecular complexity index is 1040. The molecule has 4 rings (SSSR count). The van der Waals surface area contributed by atoms with E-state index in [0.717, 1.165) is 28.8 Å². The van der Waals surface area contributed by atoms with Crippen LogP contribution in [0.5, 0.6) is 0 Å². The SMILES string of the molecule is CCCc1c(C(=O)N(Cc2ccccc2)Cc2ccccc2)sc2ccccc12. The van der Waals surface area contributed by atoms with Crippen LogP contribution in [0.2, 0.25) is 0 Å². The minimum atomic E-state index is 0.127. The molecule has 0 N–H and O–H groups in total. The molecule has 0 unspecified atom stereocenters. The van der Waals surface area contributed by atoms with Crippen LogP contribution in [0.4, 0.5) is 0 Å². The van der Waals surface area contributed by atoms with Gasteiger partial charge in [-0.05, 0) is 34.6 Å². The number of thiophene rings is 1. The van der Waals surface area contributed by atoms with E-state index in [4.69, 9.17) is 0 Å². The van der Waals surface area contributed by atoms with E-state index in [9.17, 15) is 4.79 Å². The number of nitrogens with zero attached hydrogens (tertiary/aromatic N) is 1. The molecule has 2 nitrogen and oxygen atoms in total. The first-order valence-electron chi connectivity index (χ1n) is 10.1. The predicted octanol–water partition coefficient (Wildman–Crippen LogP) is 6.70. The van der Waals surface area contributed by atoms with Gasteiger partial charge in [-0.15, -0.1) is 11.3 Å². The topological polar surface area (TPSA) is 20.3 Å². The van der Waals surface area contributed by atoms with Gasteiger partial charge in [0.1, 0.15) is 0 Å². The summed E-state index contributed by atoms with van der Waals surface area (Å²) < 4.78 is 1.19. The molecule has 0 aliphatic heterocycles. The van der Waals surface area contributed by atoms with E-state index in [0.29, 0.717) is 13.1 Å². The number of carbonyl (C=O) groups is 1. The zero-order valence-electron chi connectivity index (χ0n) is 16.7. The third kappa shape index (κ3) is 4.41. The number of hydrogen-bond acceptors (Lipinski definition) is 2. The first kappa shape index (κ1) is 19.4. The van der Waals surface area contributed by atoms with Gasteiger partial charge in [-0.1, -0.05) is 92.2 Å². The largest absolute Gasteiger partial charge is 0.329 e. The third-order valence-corrected chi connectivity index (χ3v) is 6.31. The van der Waals surface area contributed by atoms with Gasteiger partial charge in [0.15, 0.2) is 0 Å². The second-order valence-electron chi connectivity index (χ2n) is 7.29. The minimum absolute atomic E-state index is 0.127. The molecule has 0 spiro atoms. The van der Waals surface area contributed by atoms with E-state index in [-0.39, 0.29) is 5.91 Å². The average Bonchev–Trinajstić information content (AvgIpc) is 3.13. The van der Waals surface area contributed by atoms with Gasteiger partial charge >= 0.3 is 0 Å². The lowest BCUT2D eigenvalue weighted by atomic mass is 10.0. The molecule has 146 valence electrons. The van der Waals surface area contributed by atoms with Crippen LogP contribution in [0, 0.1) is 0 Å². The molecule has 1 heterocycles. The van der Waals surface area contributed by atoms with E-state index in [2.05, 4.69) is 55.5 Å². The van der Waals surface area contributed by atoms with Crippen LogP contribution in [0.15, 0.2) is 84.9 Å². The van der Waals surface area contributed by atoms with Gasteiger partial charge in [0.05, 0.1) is 4.88 Å². The Morgan fingerprint density at radius 3 is 1.93 bits per heavy atom.